The van der Waals surface area contributed by atoms with E-state index in [-0.39, 0.29) is 5.91 Å². The zero-order valence-corrected chi connectivity index (χ0v) is 16.1. The van der Waals surface area contributed by atoms with Crippen LogP contribution in [0, 0.1) is 6.92 Å². The van der Waals surface area contributed by atoms with Crippen molar-refractivity contribution in [3.05, 3.63) is 75.0 Å². The molecule has 0 saturated carbocycles. The van der Waals surface area contributed by atoms with Crippen molar-refractivity contribution >= 4 is 44.0 Å². The summed E-state index contributed by atoms with van der Waals surface area (Å²) in [5, 5.41) is 4.20. The molecule has 2 heterocycles. The van der Waals surface area contributed by atoms with Gasteiger partial charge in [0.05, 0.1) is 15.0 Å². The zero-order chi connectivity index (χ0) is 19.1. The minimum absolute atomic E-state index is 0.228. The molecular weight excluding hydrogens is 358 g/mol. The first-order chi connectivity index (χ1) is 12.9. The van der Waals surface area contributed by atoms with Crippen LogP contribution >= 0.6 is 11.3 Å². The number of amides is 1. The van der Waals surface area contributed by atoms with Gasteiger partial charge in [-0.15, -0.1) is 11.3 Å². The molecule has 0 saturated heterocycles. The molecule has 0 radical (unpaired) electrons. The Hall–Kier alpha value is -2.92. The van der Waals surface area contributed by atoms with Crippen LogP contribution in [-0.2, 0) is 0 Å². The summed E-state index contributed by atoms with van der Waals surface area (Å²) in [5.41, 5.74) is 3.14. The van der Waals surface area contributed by atoms with E-state index in [0.29, 0.717) is 21.8 Å². The summed E-state index contributed by atoms with van der Waals surface area (Å²) in [6, 6.07) is 15.1. The summed E-state index contributed by atoms with van der Waals surface area (Å²) < 4.78 is 6.18. The Kier molecular flexibility index (Phi) is 4.32. The molecule has 4 nitrogen and oxygen atoms in total. The van der Waals surface area contributed by atoms with E-state index >= 15 is 0 Å². The Morgan fingerprint density at radius 1 is 1.04 bits per heavy atom. The van der Waals surface area contributed by atoms with Crippen molar-refractivity contribution in [3.63, 3.8) is 0 Å². The number of carbonyl (C=O) groups is 1. The fourth-order valence-corrected chi connectivity index (χ4v) is 4.13. The van der Waals surface area contributed by atoms with E-state index in [0.717, 1.165) is 21.3 Å². The highest BCUT2D eigenvalue weighted by Gasteiger charge is 2.16. The van der Waals surface area contributed by atoms with Gasteiger partial charge in [-0.05, 0) is 48.7 Å². The van der Waals surface area contributed by atoms with Crippen LogP contribution < -0.4 is 10.9 Å². The van der Waals surface area contributed by atoms with Gasteiger partial charge < -0.3 is 9.73 Å². The maximum absolute atomic E-state index is 12.7. The number of benzene rings is 2. The third-order valence-electron chi connectivity index (χ3n) is 4.59. The minimum Gasteiger partial charge on any atom is -0.422 e. The minimum atomic E-state index is -0.419. The molecule has 0 aliphatic heterocycles. The highest BCUT2D eigenvalue weighted by atomic mass is 32.1. The molecule has 0 atom stereocenters. The van der Waals surface area contributed by atoms with Gasteiger partial charge in [-0.25, -0.2) is 4.79 Å². The molecule has 1 amide bonds. The molecule has 0 fully saturated rings. The van der Waals surface area contributed by atoms with Crippen molar-refractivity contribution in [2.75, 3.05) is 5.32 Å². The molecule has 0 aliphatic carbocycles. The predicted molar refractivity (Wildman–Crippen MR) is 111 cm³/mol. The van der Waals surface area contributed by atoms with Crippen molar-refractivity contribution < 1.29 is 9.21 Å². The van der Waals surface area contributed by atoms with Crippen LogP contribution in [0.1, 0.15) is 40.6 Å². The van der Waals surface area contributed by atoms with Crippen molar-refractivity contribution in [2.24, 2.45) is 0 Å². The van der Waals surface area contributed by atoms with Gasteiger partial charge in [0.2, 0.25) is 0 Å². The number of carbonyl (C=O) groups excluding carboxylic acids is 1. The van der Waals surface area contributed by atoms with Gasteiger partial charge in [0.15, 0.2) is 0 Å². The number of anilines is 1. The van der Waals surface area contributed by atoms with Crippen LogP contribution in [0.5, 0.6) is 0 Å². The van der Waals surface area contributed by atoms with Crippen LogP contribution in [0.3, 0.4) is 0 Å². The molecule has 2 aromatic heterocycles. The Labute approximate surface area is 160 Å². The number of hydrogen-bond acceptors (Lipinski definition) is 4. The van der Waals surface area contributed by atoms with Gasteiger partial charge in [-0.2, -0.15) is 0 Å². The monoisotopic (exact) mass is 377 g/mol. The van der Waals surface area contributed by atoms with E-state index in [9.17, 15) is 9.59 Å². The summed E-state index contributed by atoms with van der Waals surface area (Å²) in [6.07, 6.45) is 0. The molecule has 0 aliphatic rings. The Bertz CT molecular complexity index is 1220. The number of aryl methyl sites for hydroxylation is 1. The van der Waals surface area contributed by atoms with E-state index in [1.54, 1.807) is 12.1 Å². The maximum atomic E-state index is 12.7. The lowest BCUT2D eigenvalue weighted by Gasteiger charge is -2.07. The zero-order valence-electron chi connectivity index (χ0n) is 15.3. The fourth-order valence-electron chi connectivity index (χ4n) is 3.06. The second-order valence-electron chi connectivity index (χ2n) is 6.97. The summed E-state index contributed by atoms with van der Waals surface area (Å²) >= 11 is 1.31. The smallest absolute Gasteiger partial charge is 0.345 e. The van der Waals surface area contributed by atoms with Crippen LogP contribution in [0.15, 0.2) is 57.7 Å². The summed E-state index contributed by atoms with van der Waals surface area (Å²) in [5.74, 6) is 0.210. The van der Waals surface area contributed by atoms with Gasteiger partial charge in [-0.1, -0.05) is 37.6 Å². The molecule has 4 rings (SSSR count). The first-order valence-corrected chi connectivity index (χ1v) is 9.62. The normalized spacial score (nSPS) is 11.4. The van der Waals surface area contributed by atoms with Gasteiger partial charge >= 0.3 is 5.63 Å². The third-order valence-corrected chi connectivity index (χ3v) is 5.76. The van der Waals surface area contributed by atoms with E-state index in [2.05, 4.69) is 19.2 Å². The molecule has 136 valence electrons. The Morgan fingerprint density at radius 2 is 1.78 bits per heavy atom. The van der Waals surface area contributed by atoms with Crippen molar-refractivity contribution in [3.8, 4) is 0 Å². The second kappa shape index (κ2) is 6.67. The first-order valence-electron chi connectivity index (χ1n) is 8.80. The molecule has 5 heteroatoms. The Balaban J connectivity index is 1.72. The molecular formula is C22H19NO3S. The average Bonchev–Trinajstić information content (AvgIpc) is 3.09. The van der Waals surface area contributed by atoms with Crippen LogP contribution in [0.25, 0.3) is 21.1 Å². The van der Waals surface area contributed by atoms with Gasteiger partial charge in [0.1, 0.15) is 5.58 Å². The fraction of sp³-hybridized carbons (Fsp3) is 0.182. The van der Waals surface area contributed by atoms with E-state index < -0.39 is 5.63 Å². The average molecular weight is 377 g/mol. The number of thiophene rings is 1. The largest absolute Gasteiger partial charge is 0.422 e. The molecule has 0 unspecified atom stereocenters. The molecule has 4 aromatic rings. The third kappa shape index (κ3) is 3.26. The van der Waals surface area contributed by atoms with Crippen molar-refractivity contribution in [2.45, 2.75) is 26.7 Å². The summed E-state index contributed by atoms with van der Waals surface area (Å²) in [6.45, 7) is 6.24. The molecule has 0 spiro atoms. The lowest BCUT2D eigenvalue weighted by molar-refractivity contribution is 0.103. The molecule has 0 bridgehead atoms. The SMILES string of the molecule is Cc1ccc2oc(=O)c3cc(C(=O)Nc4ccc(C(C)C)cc4)sc3c2c1. The van der Waals surface area contributed by atoms with E-state index in [4.69, 9.17) is 4.42 Å². The first kappa shape index (κ1) is 17.5. The maximum Gasteiger partial charge on any atom is 0.345 e. The number of nitrogens with one attached hydrogen (secondary N) is 1. The molecule has 2 aromatic carbocycles. The Morgan fingerprint density at radius 3 is 2.48 bits per heavy atom. The highest BCUT2D eigenvalue weighted by Crippen LogP contribution is 2.31. The number of rotatable bonds is 3. The number of fused-ring (bicyclic) bond motifs is 3. The summed E-state index contributed by atoms with van der Waals surface area (Å²) in [7, 11) is 0. The van der Waals surface area contributed by atoms with E-state index in [1.807, 2.05) is 43.3 Å². The standard InChI is InChI=1S/C22H19NO3S/c1-12(2)14-5-7-15(8-6-14)23-21(24)19-11-17-20(27-19)16-10-13(3)4-9-18(16)26-22(17)25/h4-12H,1-3H3,(H,23,24). The van der Waals surface area contributed by atoms with Crippen LogP contribution in [0.4, 0.5) is 5.69 Å². The van der Waals surface area contributed by atoms with Crippen LogP contribution in [-0.4, -0.2) is 5.91 Å². The van der Waals surface area contributed by atoms with Crippen molar-refractivity contribution in [1.82, 2.24) is 0 Å². The van der Waals surface area contributed by atoms with Gasteiger partial charge in [-0.3, -0.25) is 4.79 Å². The topological polar surface area (TPSA) is 59.3 Å². The van der Waals surface area contributed by atoms with Crippen LogP contribution in [0.2, 0.25) is 0 Å². The molecule has 27 heavy (non-hydrogen) atoms. The van der Waals surface area contributed by atoms with Gasteiger partial charge in [0, 0.05) is 11.1 Å². The quantitative estimate of drug-likeness (QED) is 0.467. The number of hydrogen-bond donors (Lipinski definition) is 1. The summed E-state index contributed by atoms with van der Waals surface area (Å²) in [4.78, 5) is 25.5. The second-order valence-corrected chi connectivity index (χ2v) is 8.03. The van der Waals surface area contributed by atoms with Gasteiger partial charge in [0.25, 0.3) is 5.91 Å². The van der Waals surface area contributed by atoms with Crippen molar-refractivity contribution in [1.29, 1.82) is 0 Å². The lowest BCUT2D eigenvalue weighted by atomic mass is 10.0. The highest BCUT2D eigenvalue weighted by molar-refractivity contribution is 7.21. The van der Waals surface area contributed by atoms with E-state index in [1.165, 1.54) is 16.9 Å². The molecule has 1 N–H and O–H groups in total. The lowest BCUT2D eigenvalue weighted by Crippen LogP contribution is -2.10. The predicted octanol–water partition coefficient (Wildman–Crippen LogP) is 5.69.